The van der Waals surface area contributed by atoms with E-state index in [-0.39, 0.29) is 29.9 Å². The second-order valence-corrected chi connectivity index (χ2v) is 7.26. The van der Waals surface area contributed by atoms with Crippen molar-refractivity contribution >= 4 is 41.5 Å². The van der Waals surface area contributed by atoms with Crippen LogP contribution in [0.2, 0.25) is 0 Å². The molecule has 0 spiro atoms. The summed E-state index contributed by atoms with van der Waals surface area (Å²) in [6.07, 6.45) is 2.20. The van der Waals surface area contributed by atoms with E-state index >= 15 is 0 Å². The fourth-order valence-electron chi connectivity index (χ4n) is 3.21. The molecule has 2 aromatic carbocycles. The normalized spacial score (nSPS) is 10.7. The van der Waals surface area contributed by atoms with Crippen molar-refractivity contribution in [3.8, 4) is 11.5 Å². The van der Waals surface area contributed by atoms with Crippen LogP contribution in [0.4, 0.5) is 5.69 Å². The number of nitrogens with one attached hydrogen (secondary N) is 2. The minimum Gasteiger partial charge on any atom is -0.493 e. The van der Waals surface area contributed by atoms with Crippen molar-refractivity contribution in [2.24, 2.45) is 4.99 Å². The van der Waals surface area contributed by atoms with Crippen molar-refractivity contribution in [3.63, 3.8) is 0 Å². The van der Waals surface area contributed by atoms with Crippen LogP contribution >= 0.6 is 24.0 Å². The molecule has 7 nitrogen and oxygen atoms in total. The van der Waals surface area contributed by atoms with Crippen molar-refractivity contribution in [1.29, 1.82) is 0 Å². The largest absolute Gasteiger partial charge is 0.493 e. The van der Waals surface area contributed by atoms with Crippen molar-refractivity contribution in [1.82, 2.24) is 10.2 Å². The third-order valence-corrected chi connectivity index (χ3v) is 4.90. The summed E-state index contributed by atoms with van der Waals surface area (Å²) in [5.74, 6) is 2.31. The maximum atomic E-state index is 11.8. The highest BCUT2D eigenvalue weighted by Gasteiger charge is 2.09. The average Bonchev–Trinajstić information content (AvgIpc) is 2.78. The van der Waals surface area contributed by atoms with E-state index in [1.54, 1.807) is 21.3 Å². The van der Waals surface area contributed by atoms with Crippen LogP contribution in [0, 0.1) is 0 Å². The van der Waals surface area contributed by atoms with Gasteiger partial charge in [0.25, 0.3) is 0 Å². The van der Waals surface area contributed by atoms with Crippen LogP contribution in [0.3, 0.4) is 0 Å². The molecule has 1 amide bonds. The van der Waals surface area contributed by atoms with Crippen LogP contribution in [0.15, 0.2) is 47.5 Å². The first-order valence-corrected chi connectivity index (χ1v) is 10.5. The SMILES string of the molecule is CCCC(=O)Nc1cccc(CNC(=NC)N(C)CCc2ccc(OC)c(OC)c2)c1.I. The number of aliphatic imine (C=N–C) groups is 1. The van der Waals surface area contributed by atoms with Gasteiger partial charge in [0.05, 0.1) is 14.2 Å². The zero-order chi connectivity index (χ0) is 22.6. The van der Waals surface area contributed by atoms with Crippen LogP contribution in [0.25, 0.3) is 0 Å². The Morgan fingerprint density at radius 1 is 1.06 bits per heavy atom. The topological polar surface area (TPSA) is 75.2 Å². The number of hydrogen-bond acceptors (Lipinski definition) is 4. The molecule has 0 aromatic heterocycles. The molecule has 2 rings (SSSR count). The Morgan fingerprint density at radius 2 is 1.81 bits per heavy atom. The van der Waals surface area contributed by atoms with Crippen molar-refractivity contribution < 1.29 is 14.3 Å². The number of rotatable bonds is 10. The molecule has 0 bridgehead atoms. The Labute approximate surface area is 208 Å². The highest BCUT2D eigenvalue weighted by Crippen LogP contribution is 2.27. The molecule has 0 heterocycles. The monoisotopic (exact) mass is 554 g/mol. The van der Waals surface area contributed by atoms with Gasteiger partial charge in [0.15, 0.2) is 17.5 Å². The van der Waals surface area contributed by atoms with Gasteiger partial charge in [-0.05, 0) is 48.2 Å². The number of guanidine groups is 1. The molecule has 0 unspecified atom stereocenters. The fraction of sp³-hybridized carbons (Fsp3) is 0.417. The summed E-state index contributed by atoms with van der Waals surface area (Å²) in [5, 5.41) is 6.32. The van der Waals surface area contributed by atoms with E-state index in [1.165, 1.54) is 0 Å². The standard InChI is InChI=1S/C24H34N4O3.HI/c1-6-8-23(29)27-20-10-7-9-19(15-20)17-26-24(25-2)28(3)14-13-18-11-12-21(30-4)22(16-18)31-5;/h7,9-12,15-16H,6,8,13-14,17H2,1-5H3,(H,25,26)(H,27,29);1H. The number of amides is 1. The van der Waals surface area contributed by atoms with E-state index in [0.29, 0.717) is 13.0 Å². The Morgan fingerprint density at radius 3 is 2.47 bits per heavy atom. The van der Waals surface area contributed by atoms with Gasteiger partial charge in [-0.3, -0.25) is 9.79 Å². The lowest BCUT2D eigenvalue weighted by atomic mass is 10.1. The van der Waals surface area contributed by atoms with Gasteiger partial charge in [-0.2, -0.15) is 0 Å². The van der Waals surface area contributed by atoms with Crippen LogP contribution in [-0.2, 0) is 17.8 Å². The second kappa shape index (κ2) is 14.5. The van der Waals surface area contributed by atoms with Gasteiger partial charge in [0.2, 0.25) is 5.91 Å². The van der Waals surface area contributed by atoms with Crippen LogP contribution < -0.4 is 20.1 Å². The number of benzene rings is 2. The summed E-state index contributed by atoms with van der Waals surface area (Å²) in [4.78, 5) is 18.3. The zero-order valence-electron chi connectivity index (χ0n) is 19.6. The van der Waals surface area contributed by atoms with E-state index < -0.39 is 0 Å². The van der Waals surface area contributed by atoms with E-state index in [2.05, 4.69) is 20.5 Å². The number of anilines is 1. The Kier molecular flexibility index (Phi) is 12.5. The number of carbonyl (C=O) groups excluding carboxylic acids is 1. The second-order valence-electron chi connectivity index (χ2n) is 7.26. The maximum absolute atomic E-state index is 11.8. The number of carbonyl (C=O) groups is 1. The number of nitrogens with zero attached hydrogens (tertiary/aromatic N) is 2. The molecular weight excluding hydrogens is 519 g/mol. The molecule has 0 aliphatic heterocycles. The van der Waals surface area contributed by atoms with Crippen molar-refractivity contribution in [2.45, 2.75) is 32.7 Å². The summed E-state index contributed by atoms with van der Waals surface area (Å²) in [7, 11) is 7.06. The number of halogens is 1. The Bertz CT molecular complexity index is 889. The molecule has 0 aliphatic carbocycles. The maximum Gasteiger partial charge on any atom is 0.224 e. The highest BCUT2D eigenvalue weighted by molar-refractivity contribution is 14.0. The third-order valence-electron chi connectivity index (χ3n) is 4.90. The minimum atomic E-state index is 0. The highest BCUT2D eigenvalue weighted by atomic mass is 127. The number of likely N-dealkylation sites (N-methyl/N-ethyl adjacent to an activating group) is 1. The number of methoxy groups -OCH3 is 2. The quantitative estimate of drug-likeness (QED) is 0.260. The predicted molar refractivity (Wildman–Crippen MR) is 141 cm³/mol. The molecule has 2 aromatic rings. The molecule has 32 heavy (non-hydrogen) atoms. The van der Waals surface area contributed by atoms with Gasteiger partial charge in [-0.25, -0.2) is 0 Å². The van der Waals surface area contributed by atoms with Crippen LogP contribution in [-0.4, -0.2) is 51.6 Å². The van der Waals surface area contributed by atoms with E-state index in [0.717, 1.165) is 53.7 Å². The van der Waals surface area contributed by atoms with Gasteiger partial charge in [-0.15, -0.1) is 24.0 Å². The van der Waals surface area contributed by atoms with Gasteiger partial charge in [-0.1, -0.05) is 25.1 Å². The molecule has 0 saturated heterocycles. The first kappa shape index (κ1) is 27.5. The Hall–Kier alpha value is -2.49. The first-order valence-electron chi connectivity index (χ1n) is 10.5. The van der Waals surface area contributed by atoms with Crippen molar-refractivity contribution in [3.05, 3.63) is 53.6 Å². The molecule has 0 radical (unpaired) electrons. The minimum absolute atomic E-state index is 0. The molecule has 0 fully saturated rings. The third kappa shape index (κ3) is 8.57. The summed E-state index contributed by atoms with van der Waals surface area (Å²) < 4.78 is 10.7. The van der Waals surface area contributed by atoms with E-state index in [4.69, 9.17) is 9.47 Å². The zero-order valence-corrected chi connectivity index (χ0v) is 21.9. The lowest BCUT2D eigenvalue weighted by molar-refractivity contribution is -0.116. The molecule has 0 atom stereocenters. The summed E-state index contributed by atoms with van der Waals surface area (Å²) in [6.45, 7) is 3.40. The smallest absolute Gasteiger partial charge is 0.224 e. The van der Waals surface area contributed by atoms with E-state index in [1.807, 2.05) is 56.4 Å². The average molecular weight is 554 g/mol. The van der Waals surface area contributed by atoms with Crippen molar-refractivity contribution in [2.75, 3.05) is 40.2 Å². The van der Waals surface area contributed by atoms with Gasteiger partial charge >= 0.3 is 0 Å². The molecule has 176 valence electrons. The van der Waals surface area contributed by atoms with Gasteiger partial charge < -0.3 is 25.0 Å². The van der Waals surface area contributed by atoms with Crippen LogP contribution in [0.5, 0.6) is 11.5 Å². The number of ether oxygens (including phenoxy) is 2. The summed E-state index contributed by atoms with van der Waals surface area (Å²) in [6, 6.07) is 13.8. The molecule has 0 aliphatic rings. The first-order chi connectivity index (χ1) is 15.0. The molecule has 8 heteroatoms. The molecule has 0 saturated carbocycles. The fourth-order valence-corrected chi connectivity index (χ4v) is 3.21. The van der Waals surface area contributed by atoms with Crippen LogP contribution in [0.1, 0.15) is 30.9 Å². The summed E-state index contributed by atoms with van der Waals surface area (Å²) in [5.41, 5.74) is 3.05. The van der Waals surface area contributed by atoms with Gasteiger partial charge in [0, 0.05) is 39.3 Å². The summed E-state index contributed by atoms with van der Waals surface area (Å²) >= 11 is 0. The van der Waals surface area contributed by atoms with Gasteiger partial charge in [0.1, 0.15) is 0 Å². The lowest BCUT2D eigenvalue weighted by Gasteiger charge is -2.22. The molecule has 2 N–H and O–H groups in total. The van der Waals surface area contributed by atoms with E-state index in [9.17, 15) is 4.79 Å². The predicted octanol–water partition coefficient (Wildman–Crippen LogP) is 4.31. The lowest BCUT2D eigenvalue weighted by Crippen LogP contribution is -2.39. The number of hydrogen-bond donors (Lipinski definition) is 2. The Balaban J connectivity index is 0.00000512. The molecular formula is C24H35IN4O3.